The summed E-state index contributed by atoms with van der Waals surface area (Å²) in [4.78, 5) is 52.4. The predicted molar refractivity (Wildman–Crippen MR) is 152 cm³/mol. The highest BCUT2D eigenvalue weighted by atomic mass is 16.7. The Balaban J connectivity index is 1.37. The van der Waals surface area contributed by atoms with Crippen molar-refractivity contribution in [3.05, 3.63) is 126 Å². The predicted octanol–water partition coefficient (Wildman–Crippen LogP) is 4.34. The molecule has 3 heterocycles. The van der Waals surface area contributed by atoms with Gasteiger partial charge in [0.2, 0.25) is 0 Å². The molecule has 0 bridgehead atoms. The lowest BCUT2D eigenvalue weighted by Gasteiger charge is -2.25. The Morgan fingerprint density at radius 3 is 1.84 bits per heavy atom. The first-order chi connectivity index (χ1) is 21.0. The number of esters is 3. The molecule has 1 saturated heterocycles. The summed E-state index contributed by atoms with van der Waals surface area (Å²) in [6, 6.07) is 25.3. The summed E-state index contributed by atoms with van der Waals surface area (Å²) in [5.41, 5.74) is 2.51. The van der Waals surface area contributed by atoms with Gasteiger partial charge in [0, 0.05) is 0 Å². The lowest BCUT2D eigenvalue weighted by atomic mass is 10.1. The minimum Gasteiger partial charge on any atom is -0.459 e. The number of hydrogen-bond donors (Lipinski definition) is 0. The number of aryl methyl sites for hydroxylation is 1. The van der Waals surface area contributed by atoms with Gasteiger partial charge in [-0.2, -0.15) is 0 Å². The number of fused-ring (bicyclic) bond motifs is 1. The van der Waals surface area contributed by atoms with E-state index in [1.165, 1.54) is 12.7 Å². The third-order valence-corrected chi connectivity index (χ3v) is 6.99. The van der Waals surface area contributed by atoms with Gasteiger partial charge in [-0.05, 0) is 43.3 Å². The molecule has 43 heavy (non-hydrogen) atoms. The smallest absolute Gasteiger partial charge is 0.338 e. The van der Waals surface area contributed by atoms with Gasteiger partial charge >= 0.3 is 17.9 Å². The third kappa shape index (κ3) is 5.84. The van der Waals surface area contributed by atoms with Gasteiger partial charge in [-0.25, -0.2) is 29.3 Å². The molecule has 1 aliphatic heterocycles. The molecule has 0 amide bonds. The standard InChI is InChI=1S/C32H26N4O7/c1-20-25-28(34-18-33-20)36(19-35-25)29-27(43-32(39)23-15-9-4-10-16-23)26(42-31(38)22-13-7-3-8-14-22)24(41-29)17-40-30(37)21-11-5-2-6-12-21/h2-16,18-19,24,26-27,29H,17H2,1H3. The molecule has 1 fully saturated rings. The van der Waals surface area contributed by atoms with Gasteiger partial charge in [-0.3, -0.25) is 4.57 Å². The van der Waals surface area contributed by atoms with Crippen molar-refractivity contribution in [2.45, 2.75) is 31.5 Å². The van der Waals surface area contributed by atoms with Gasteiger partial charge in [0.15, 0.2) is 24.1 Å². The first kappa shape index (κ1) is 27.7. The van der Waals surface area contributed by atoms with Crippen LogP contribution in [-0.4, -0.2) is 62.3 Å². The lowest BCUT2D eigenvalue weighted by Crippen LogP contribution is -2.41. The molecule has 4 unspecified atom stereocenters. The molecule has 3 aromatic carbocycles. The Kier molecular flexibility index (Phi) is 7.88. The van der Waals surface area contributed by atoms with Crippen LogP contribution >= 0.6 is 0 Å². The van der Waals surface area contributed by atoms with Crippen LogP contribution in [0, 0.1) is 6.92 Å². The van der Waals surface area contributed by atoms with E-state index in [-0.39, 0.29) is 12.2 Å². The monoisotopic (exact) mass is 578 g/mol. The average Bonchev–Trinajstić information content (AvgIpc) is 3.63. The van der Waals surface area contributed by atoms with Gasteiger partial charge < -0.3 is 18.9 Å². The molecule has 1 aliphatic rings. The summed E-state index contributed by atoms with van der Waals surface area (Å²) in [6.45, 7) is 1.50. The molecule has 11 heteroatoms. The van der Waals surface area contributed by atoms with Crippen molar-refractivity contribution < 1.29 is 33.3 Å². The van der Waals surface area contributed by atoms with Crippen molar-refractivity contribution in [2.24, 2.45) is 0 Å². The fraction of sp³-hybridized carbons (Fsp3) is 0.188. The van der Waals surface area contributed by atoms with Crippen molar-refractivity contribution in [2.75, 3.05) is 6.61 Å². The zero-order valence-electron chi connectivity index (χ0n) is 23.0. The number of carbonyl (C=O) groups excluding carboxylic acids is 3. The first-order valence-electron chi connectivity index (χ1n) is 13.5. The molecule has 0 N–H and O–H groups in total. The topological polar surface area (TPSA) is 132 Å². The Hall–Kier alpha value is -5.42. The number of rotatable bonds is 8. The van der Waals surface area contributed by atoms with Crippen LogP contribution in [0.2, 0.25) is 0 Å². The van der Waals surface area contributed by atoms with E-state index in [2.05, 4.69) is 15.0 Å². The third-order valence-electron chi connectivity index (χ3n) is 6.99. The summed E-state index contributed by atoms with van der Waals surface area (Å²) >= 11 is 0. The summed E-state index contributed by atoms with van der Waals surface area (Å²) in [5.74, 6) is -1.91. The quantitative estimate of drug-likeness (QED) is 0.193. The Morgan fingerprint density at radius 2 is 1.26 bits per heavy atom. The highest BCUT2D eigenvalue weighted by Crippen LogP contribution is 2.37. The van der Waals surface area contributed by atoms with E-state index in [9.17, 15) is 14.4 Å². The number of imidazole rings is 1. The number of hydrogen-bond acceptors (Lipinski definition) is 10. The van der Waals surface area contributed by atoms with Crippen molar-refractivity contribution in [3.63, 3.8) is 0 Å². The van der Waals surface area contributed by atoms with E-state index >= 15 is 0 Å². The van der Waals surface area contributed by atoms with Gasteiger partial charge in [-0.15, -0.1) is 0 Å². The minimum atomic E-state index is -1.17. The summed E-state index contributed by atoms with van der Waals surface area (Å²) < 4.78 is 25.5. The highest BCUT2D eigenvalue weighted by Gasteiger charge is 2.51. The van der Waals surface area contributed by atoms with E-state index in [1.807, 2.05) is 0 Å². The van der Waals surface area contributed by atoms with Crippen LogP contribution in [0.15, 0.2) is 104 Å². The number of benzene rings is 3. The van der Waals surface area contributed by atoms with E-state index in [1.54, 1.807) is 102 Å². The van der Waals surface area contributed by atoms with Gasteiger partial charge in [-0.1, -0.05) is 54.6 Å². The van der Waals surface area contributed by atoms with Gasteiger partial charge in [0.25, 0.3) is 0 Å². The molecule has 2 aromatic heterocycles. The molecule has 0 spiro atoms. The Morgan fingerprint density at radius 1 is 0.721 bits per heavy atom. The van der Waals surface area contributed by atoms with Gasteiger partial charge in [0.1, 0.15) is 24.6 Å². The van der Waals surface area contributed by atoms with Gasteiger partial charge in [0.05, 0.1) is 28.7 Å². The molecule has 0 radical (unpaired) electrons. The average molecular weight is 579 g/mol. The summed E-state index contributed by atoms with van der Waals surface area (Å²) in [5, 5.41) is 0. The SMILES string of the molecule is Cc1ncnc2c1ncn2C1OC(COC(=O)c2ccccc2)C(OC(=O)c2ccccc2)C1OC(=O)c1ccccc1. The molecule has 0 aliphatic carbocycles. The second-order valence-corrected chi connectivity index (χ2v) is 9.78. The molecule has 11 nitrogen and oxygen atoms in total. The first-order valence-corrected chi connectivity index (χ1v) is 13.5. The van der Waals surface area contributed by atoms with Crippen molar-refractivity contribution in [1.82, 2.24) is 19.5 Å². The van der Waals surface area contributed by atoms with Crippen LogP contribution in [0.25, 0.3) is 11.2 Å². The molecule has 0 saturated carbocycles. The van der Waals surface area contributed by atoms with E-state index in [0.29, 0.717) is 28.0 Å². The zero-order chi connectivity index (χ0) is 29.8. The highest BCUT2D eigenvalue weighted by molar-refractivity contribution is 5.91. The van der Waals surface area contributed by atoms with Crippen LogP contribution in [0.4, 0.5) is 0 Å². The maximum atomic E-state index is 13.3. The Bertz CT molecular complexity index is 1750. The molecular weight excluding hydrogens is 552 g/mol. The van der Waals surface area contributed by atoms with Crippen molar-refractivity contribution in [3.8, 4) is 0 Å². The number of aromatic nitrogens is 4. The maximum absolute atomic E-state index is 13.3. The van der Waals surface area contributed by atoms with Crippen LogP contribution in [-0.2, 0) is 18.9 Å². The second kappa shape index (κ2) is 12.2. The number of nitrogens with zero attached hydrogens (tertiary/aromatic N) is 4. The summed E-state index contributed by atoms with van der Waals surface area (Å²) in [6.07, 6.45) is -1.51. The fourth-order valence-corrected chi connectivity index (χ4v) is 4.84. The molecular formula is C32H26N4O7. The van der Waals surface area contributed by atoms with Crippen LogP contribution < -0.4 is 0 Å². The van der Waals surface area contributed by atoms with Crippen LogP contribution in [0.3, 0.4) is 0 Å². The molecule has 216 valence electrons. The van der Waals surface area contributed by atoms with Crippen LogP contribution in [0.1, 0.15) is 43.0 Å². The fourth-order valence-electron chi connectivity index (χ4n) is 4.84. The van der Waals surface area contributed by atoms with Crippen molar-refractivity contribution >= 4 is 29.1 Å². The Labute approximate surface area is 246 Å². The second-order valence-electron chi connectivity index (χ2n) is 9.78. The summed E-state index contributed by atoms with van der Waals surface area (Å²) in [7, 11) is 0. The normalized spacial score (nSPS) is 19.6. The molecule has 6 rings (SSSR count). The number of ether oxygens (including phenoxy) is 4. The maximum Gasteiger partial charge on any atom is 0.338 e. The largest absolute Gasteiger partial charge is 0.459 e. The van der Waals surface area contributed by atoms with E-state index < -0.39 is 42.4 Å². The minimum absolute atomic E-state index is 0.288. The zero-order valence-corrected chi connectivity index (χ0v) is 23.0. The number of carbonyl (C=O) groups is 3. The van der Waals surface area contributed by atoms with E-state index in [4.69, 9.17) is 18.9 Å². The van der Waals surface area contributed by atoms with Crippen molar-refractivity contribution in [1.29, 1.82) is 0 Å². The van der Waals surface area contributed by atoms with Crippen LogP contribution in [0.5, 0.6) is 0 Å². The molecule has 5 aromatic rings. The molecule has 4 atom stereocenters. The lowest BCUT2D eigenvalue weighted by molar-refractivity contribution is -0.0606. The van der Waals surface area contributed by atoms with E-state index in [0.717, 1.165) is 0 Å².